The summed E-state index contributed by atoms with van der Waals surface area (Å²) >= 11 is 0. The van der Waals surface area contributed by atoms with E-state index in [0.29, 0.717) is 34.2 Å². The SMILES string of the molecule is COc1cc2cc(C(=O)Nc3ccc(F)cc3F)[nH]c2c(OC)c1OC. The molecule has 3 aromatic rings. The van der Waals surface area contributed by atoms with Gasteiger partial charge in [-0.2, -0.15) is 0 Å². The maximum atomic E-state index is 13.7. The number of hydrogen-bond acceptors (Lipinski definition) is 4. The minimum atomic E-state index is -0.865. The van der Waals surface area contributed by atoms with Crippen LogP contribution in [0, 0.1) is 11.6 Å². The molecule has 6 nitrogen and oxygen atoms in total. The number of methoxy groups -OCH3 is 3. The molecular formula is C18H16F2N2O4. The van der Waals surface area contributed by atoms with Gasteiger partial charge < -0.3 is 24.5 Å². The van der Waals surface area contributed by atoms with Crippen molar-refractivity contribution in [2.24, 2.45) is 0 Å². The predicted molar refractivity (Wildman–Crippen MR) is 92.3 cm³/mol. The number of anilines is 1. The molecule has 26 heavy (non-hydrogen) atoms. The highest BCUT2D eigenvalue weighted by Crippen LogP contribution is 2.43. The molecule has 0 aliphatic rings. The minimum Gasteiger partial charge on any atom is -0.493 e. The molecule has 0 unspecified atom stereocenters. The Morgan fingerprint density at radius 2 is 1.73 bits per heavy atom. The highest BCUT2D eigenvalue weighted by atomic mass is 19.1. The van der Waals surface area contributed by atoms with Crippen LogP contribution >= 0.6 is 0 Å². The van der Waals surface area contributed by atoms with Crippen LogP contribution in [0.15, 0.2) is 30.3 Å². The first-order valence-electron chi connectivity index (χ1n) is 7.56. The van der Waals surface area contributed by atoms with Crippen LogP contribution in [0.5, 0.6) is 17.2 Å². The fourth-order valence-electron chi connectivity index (χ4n) is 2.65. The third-order valence-corrected chi connectivity index (χ3v) is 3.84. The van der Waals surface area contributed by atoms with Crippen molar-refractivity contribution < 1.29 is 27.8 Å². The van der Waals surface area contributed by atoms with Crippen molar-refractivity contribution in [1.29, 1.82) is 0 Å². The maximum absolute atomic E-state index is 13.7. The van der Waals surface area contributed by atoms with E-state index in [0.717, 1.165) is 12.1 Å². The number of H-pyrrole nitrogens is 1. The van der Waals surface area contributed by atoms with Crippen molar-refractivity contribution in [3.63, 3.8) is 0 Å². The number of rotatable bonds is 5. The van der Waals surface area contributed by atoms with Gasteiger partial charge in [-0.3, -0.25) is 4.79 Å². The van der Waals surface area contributed by atoms with Crippen LogP contribution in [0.1, 0.15) is 10.5 Å². The summed E-state index contributed by atoms with van der Waals surface area (Å²) in [6.45, 7) is 0. The molecule has 0 saturated carbocycles. The molecule has 1 heterocycles. The molecule has 2 N–H and O–H groups in total. The van der Waals surface area contributed by atoms with Gasteiger partial charge in [-0.15, -0.1) is 0 Å². The number of carbonyl (C=O) groups is 1. The van der Waals surface area contributed by atoms with Crippen molar-refractivity contribution in [3.8, 4) is 17.2 Å². The zero-order valence-corrected chi connectivity index (χ0v) is 14.3. The molecule has 1 amide bonds. The van der Waals surface area contributed by atoms with Gasteiger partial charge in [0.1, 0.15) is 17.3 Å². The summed E-state index contributed by atoms with van der Waals surface area (Å²) in [7, 11) is 4.42. The summed E-state index contributed by atoms with van der Waals surface area (Å²) in [5.74, 6) is -1.00. The first kappa shape index (κ1) is 17.5. The van der Waals surface area contributed by atoms with E-state index in [1.807, 2.05) is 0 Å². The molecule has 136 valence electrons. The van der Waals surface area contributed by atoms with Gasteiger partial charge in [0.25, 0.3) is 5.91 Å². The molecule has 0 bridgehead atoms. The van der Waals surface area contributed by atoms with Crippen molar-refractivity contribution >= 4 is 22.5 Å². The molecule has 0 fully saturated rings. The van der Waals surface area contributed by atoms with Gasteiger partial charge in [0, 0.05) is 11.5 Å². The topological polar surface area (TPSA) is 72.6 Å². The lowest BCUT2D eigenvalue weighted by Gasteiger charge is -2.12. The number of benzene rings is 2. The Morgan fingerprint density at radius 3 is 2.35 bits per heavy atom. The molecule has 0 spiro atoms. The lowest BCUT2D eigenvalue weighted by molar-refractivity contribution is 0.102. The second kappa shape index (κ2) is 6.91. The van der Waals surface area contributed by atoms with E-state index < -0.39 is 17.5 Å². The van der Waals surface area contributed by atoms with Gasteiger partial charge in [-0.25, -0.2) is 8.78 Å². The number of hydrogen-bond donors (Lipinski definition) is 2. The van der Waals surface area contributed by atoms with Crippen LogP contribution in [-0.4, -0.2) is 32.2 Å². The summed E-state index contributed by atoms with van der Waals surface area (Å²) in [5, 5.41) is 3.04. The van der Waals surface area contributed by atoms with E-state index in [1.54, 1.807) is 12.1 Å². The average molecular weight is 362 g/mol. The van der Waals surface area contributed by atoms with E-state index in [9.17, 15) is 13.6 Å². The van der Waals surface area contributed by atoms with E-state index >= 15 is 0 Å². The quantitative estimate of drug-likeness (QED) is 0.726. The standard InChI is InChI=1S/C18H16F2N2O4/c1-24-14-7-9-6-13(21-15(9)17(26-3)16(14)25-2)18(23)22-12-5-4-10(19)8-11(12)20/h4-8,21H,1-3H3,(H,22,23). The Hall–Kier alpha value is -3.29. The van der Waals surface area contributed by atoms with Crippen molar-refractivity contribution in [3.05, 3.63) is 47.7 Å². The Kier molecular flexibility index (Phi) is 4.66. The number of amides is 1. The molecule has 2 aromatic carbocycles. The summed E-state index contributed by atoms with van der Waals surface area (Å²) in [6.07, 6.45) is 0. The third kappa shape index (κ3) is 3.01. The van der Waals surface area contributed by atoms with Gasteiger partial charge >= 0.3 is 0 Å². The molecule has 8 heteroatoms. The summed E-state index contributed by atoms with van der Waals surface area (Å²) in [6, 6.07) is 6.15. The van der Waals surface area contributed by atoms with Crippen molar-refractivity contribution in [1.82, 2.24) is 4.98 Å². The molecule has 1 aromatic heterocycles. The number of aromatic nitrogens is 1. The first-order chi connectivity index (χ1) is 12.5. The summed E-state index contributed by atoms with van der Waals surface area (Å²) < 4.78 is 42.7. The van der Waals surface area contributed by atoms with Crippen LogP contribution in [0.25, 0.3) is 10.9 Å². The zero-order valence-electron chi connectivity index (χ0n) is 14.3. The highest BCUT2D eigenvalue weighted by Gasteiger charge is 2.20. The molecule has 0 atom stereocenters. The van der Waals surface area contributed by atoms with Crippen molar-refractivity contribution in [2.45, 2.75) is 0 Å². The van der Waals surface area contributed by atoms with Crippen LogP contribution < -0.4 is 19.5 Å². The van der Waals surface area contributed by atoms with Crippen LogP contribution in [0.4, 0.5) is 14.5 Å². The number of ether oxygens (including phenoxy) is 3. The molecule has 0 aliphatic carbocycles. The maximum Gasteiger partial charge on any atom is 0.272 e. The van der Waals surface area contributed by atoms with E-state index in [4.69, 9.17) is 14.2 Å². The monoisotopic (exact) mass is 362 g/mol. The molecule has 0 radical (unpaired) electrons. The highest BCUT2D eigenvalue weighted by molar-refractivity contribution is 6.07. The first-order valence-corrected chi connectivity index (χ1v) is 7.56. The lowest BCUT2D eigenvalue weighted by atomic mass is 10.2. The molecule has 0 aliphatic heterocycles. The number of halogens is 2. The fraction of sp³-hybridized carbons (Fsp3) is 0.167. The average Bonchev–Trinajstić information content (AvgIpc) is 3.06. The van der Waals surface area contributed by atoms with Crippen LogP contribution in [0.2, 0.25) is 0 Å². The minimum absolute atomic E-state index is 0.128. The summed E-state index contributed by atoms with van der Waals surface area (Å²) in [4.78, 5) is 15.3. The van der Waals surface area contributed by atoms with Crippen LogP contribution in [0.3, 0.4) is 0 Å². The number of carbonyl (C=O) groups excluding carboxylic acids is 1. The second-order valence-corrected chi connectivity index (χ2v) is 5.37. The Labute approximate surface area is 147 Å². The lowest BCUT2D eigenvalue weighted by Crippen LogP contribution is -2.13. The summed E-state index contributed by atoms with van der Waals surface area (Å²) in [5.41, 5.74) is 0.560. The second-order valence-electron chi connectivity index (χ2n) is 5.37. The Balaban J connectivity index is 2.01. The van der Waals surface area contributed by atoms with Gasteiger partial charge in [-0.1, -0.05) is 0 Å². The van der Waals surface area contributed by atoms with E-state index in [2.05, 4.69) is 10.3 Å². The Morgan fingerprint density at radius 1 is 1.00 bits per heavy atom. The van der Waals surface area contributed by atoms with E-state index in [-0.39, 0.29) is 11.4 Å². The van der Waals surface area contributed by atoms with Gasteiger partial charge in [0.15, 0.2) is 11.5 Å². The smallest absolute Gasteiger partial charge is 0.272 e. The van der Waals surface area contributed by atoms with Crippen LogP contribution in [-0.2, 0) is 0 Å². The number of fused-ring (bicyclic) bond motifs is 1. The Bertz CT molecular complexity index is 985. The largest absolute Gasteiger partial charge is 0.493 e. The molecular weight excluding hydrogens is 346 g/mol. The van der Waals surface area contributed by atoms with E-state index in [1.165, 1.54) is 21.3 Å². The normalized spacial score (nSPS) is 10.7. The molecule has 3 rings (SSSR count). The van der Waals surface area contributed by atoms with Crippen molar-refractivity contribution in [2.75, 3.05) is 26.6 Å². The predicted octanol–water partition coefficient (Wildman–Crippen LogP) is 3.72. The number of aromatic amines is 1. The molecule has 0 saturated heterocycles. The van der Waals surface area contributed by atoms with Gasteiger partial charge in [0.05, 0.1) is 32.5 Å². The number of nitrogens with one attached hydrogen (secondary N) is 2. The zero-order chi connectivity index (χ0) is 18.8. The fourth-order valence-corrected chi connectivity index (χ4v) is 2.65. The van der Waals surface area contributed by atoms with Gasteiger partial charge in [-0.05, 0) is 24.3 Å². The van der Waals surface area contributed by atoms with Gasteiger partial charge in [0.2, 0.25) is 5.75 Å². The third-order valence-electron chi connectivity index (χ3n) is 3.84.